The molecule has 4 aromatic rings. The maximum Gasteiger partial charge on any atom is 0.215 e. The Hall–Kier alpha value is -3.46. The summed E-state index contributed by atoms with van der Waals surface area (Å²) < 4.78 is 46.1. The van der Waals surface area contributed by atoms with Gasteiger partial charge < -0.3 is 10.1 Å². The highest BCUT2D eigenvalue weighted by Gasteiger charge is 2.31. The van der Waals surface area contributed by atoms with E-state index >= 15 is 0 Å². The summed E-state index contributed by atoms with van der Waals surface area (Å²) in [4.78, 5) is 8.45. The lowest BCUT2D eigenvalue weighted by molar-refractivity contribution is 0.414. The predicted octanol–water partition coefficient (Wildman–Crippen LogP) is 4.73. The first-order valence-electron chi connectivity index (χ1n) is 10.3. The second kappa shape index (κ2) is 8.47. The van der Waals surface area contributed by atoms with Crippen molar-refractivity contribution in [2.45, 2.75) is 37.0 Å². The Balaban J connectivity index is 1.68. The summed E-state index contributed by atoms with van der Waals surface area (Å²) >= 11 is 0. The molecule has 0 atom stereocenters. The summed E-state index contributed by atoms with van der Waals surface area (Å²) in [5, 5.41) is 3.13. The molecule has 0 aliphatic heterocycles. The van der Waals surface area contributed by atoms with Crippen LogP contribution >= 0.6 is 0 Å². The first kappa shape index (κ1) is 22.7. The molecule has 0 fully saturated rings. The highest BCUT2D eigenvalue weighted by atomic mass is 32.2. The lowest BCUT2D eigenvalue weighted by atomic mass is 10.2. The highest BCUT2D eigenvalue weighted by Crippen LogP contribution is 2.28. The van der Waals surface area contributed by atoms with E-state index in [1.165, 1.54) is 12.3 Å². The number of ether oxygens (including phenoxy) is 1. The summed E-state index contributed by atoms with van der Waals surface area (Å²) in [5.41, 5.74) is 2.63. The highest BCUT2D eigenvalue weighted by molar-refractivity contribution is 7.92. The largest absolute Gasteiger partial charge is 0.497 e. The zero-order valence-corrected chi connectivity index (χ0v) is 19.6. The van der Waals surface area contributed by atoms with Crippen molar-refractivity contribution in [2.24, 2.45) is 0 Å². The summed E-state index contributed by atoms with van der Waals surface area (Å²) in [6.45, 7) is 5.40. The van der Waals surface area contributed by atoms with Gasteiger partial charge in [0.2, 0.25) is 5.95 Å². The fraction of sp³-hybridized carbons (Fsp3) is 0.250. The van der Waals surface area contributed by atoms with Crippen molar-refractivity contribution in [1.29, 1.82) is 0 Å². The quantitative estimate of drug-likeness (QED) is 0.412. The minimum Gasteiger partial charge on any atom is -0.497 e. The van der Waals surface area contributed by atoms with Gasteiger partial charge >= 0.3 is 0 Å². The summed E-state index contributed by atoms with van der Waals surface area (Å²) in [7, 11) is -1.96. The van der Waals surface area contributed by atoms with Crippen molar-refractivity contribution in [3.05, 3.63) is 72.4 Å². The van der Waals surface area contributed by atoms with Crippen LogP contribution < -0.4 is 10.1 Å². The standard InChI is InChI=1S/C24H25FN4O3S/c1-24(2,3)33(30,31)19-9-10-23-27-14-20(29(23)15-19)17-11-21(25)28-22(12-17)26-13-16-5-7-18(32-4)8-6-16/h5-12,14-15H,13H2,1-4H3,(H,26,28). The molecule has 0 aliphatic carbocycles. The average molecular weight is 469 g/mol. The van der Waals surface area contributed by atoms with Crippen LogP contribution in [0.4, 0.5) is 10.2 Å². The number of fused-ring (bicyclic) bond motifs is 1. The van der Waals surface area contributed by atoms with Gasteiger partial charge in [-0.05, 0) is 56.7 Å². The number of aromatic nitrogens is 3. The van der Waals surface area contributed by atoms with E-state index < -0.39 is 20.5 Å². The molecule has 0 unspecified atom stereocenters. The molecular formula is C24H25FN4O3S. The van der Waals surface area contributed by atoms with Crippen molar-refractivity contribution < 1.29 is 17.5 Å². The molecule has 1 aromatic carbocycles. The van der Waals surface area contributed by atoms with E-state index in [4.69, 9.17) is 4.74 Å². The third kappa shape index (κ3) is 4.54. The number of methoxy groups -OCH3 is 1. The van der Waals surface area contributed by atoms with Gasteiger partial charge in [0.25, 0.3) is 0 Å². The van der Waals surface area contributed by atoms with Crippen molar-refractivity contribution in [1.82, 2.24) is 14.4 Å². The van der Waals surface area contributed by atoms with Crippen LogP contribution in [0, 0.1) is 5.95 Å². The minimum absolute atomic E-state index is 0.175. The molecule has 0 aliphatic rings. The Morgan fingerprint density at radius 3 is 2.48 bits per heavy atom. The predicted molar refractivity (Wildman–Crippen MR) is 126 cm³/mol. The maximum atomic E-state index is 14.4. The number of imidazole rings is 1. The Morgan fingerprint density at radius 1 is 1.09 bits per heavy atom. The Kier molecular flexibility index (Phi) is 5.84. The number of nitrogens with zero attached hydrogens (tertiary/aromatic N) is 3. The Labute approximate surface area is 192 Å². The van der Waals surface area contributed by atoms with E-state index in [2.05, 4.69) is 15.3 Å². The molecule has 1 N–H and O–H groups in total. The fourth-order valence-electron chi connectivity index (χ4n) is 3.36. The van der Waals surface area contributed by atoms with Crippen LogP contribution in [0.2, 0.25) is 0 Å². The van der Waals surface area contributed by atoms with Gasteiger partial charge in [0, 0.05) is 24.4 Å². The SMILES string of the molecule is COc1ccc(CNc2cc(-c3cnc4ccc(S(=O)(=O)C(C)(C)C)cn34)cc(F)n2)cc1. The molecule has 0 amide bonds. The molecule has 7 nitrogen and oxygen atoms in total. The lowest BCUT2D eigenvalue weighted by Gasteiger charge is -2.19. The fourth-order valence-corrected chi connectivity index (χ4v) is 4.56. The number of nitrogens with one attached hydrogen (secondary N) is 1. The van der Waals surface area contributed by atoms with Crippen LogP contribution in [-0.2, 0) is 16.4 Å². The van der Waals surface area contributed by atoms with E-state index in [0.717, 1.165) is 11.3 Å². The maximum absolute atomic E-state index is 14.4. The molecule has 3 heterocycles. The van der Waals surface area contributed by atoms with Crippen LogP contribution in [0.25, 0.3) is 16.9 Å². The molecule has 33 heavy (non-hydrogen) atoms. The van der Waals surface area contributed by atoms with E-state index in [1.807, 2.05) is 24.3 Å². The number of pyridine rings is 2. The first-order valence-corrected chi connectivity index (χ1v) is 11.8. The zero-order valence-electron chi connectivity index (χ0n) is 18.8. The summed E-state index contributed by atoms with van der Waals surface area (Å²) in [6, 6.07) is 13.7. The van der Waals surface area contributed by atoms with Gasteiger partial charge in [-0.15, -0.1) is 0 Å². The van der Waals surface area contributed by atoms with Gasteiger partial charge in [-0.3, -0.25) is 4.40 Å². The first-order chi connectivity index (χ1) is 15.6. The van der Waals surface area contributed by atoms with Crippen molar-refractivity contribution in [3.63, 3.8) is 0 Å². The van der Waals surface area contributed by atoms with Gasteiger partial charge in [0.1, 0.15) is 17.2 Å². The molecule has 172 valence electrons. The van der Waals surface area contributed by atoms with E-state index in [-0.39, 0.29) is 4.90 Å². The Morgan fingerprint density at radius 2 is 1.82 bits per heavy atom. The number of rotatable bonds is 6. The van der Waals surface area contributed by atoms with Crippen LogP contribution in [0.5, 0.6) is 5.75 Å². The molecular weight excluding hydrogens is 443 g/mol. The van der Waals surface area contributed by atoms with Crippen LogP contribution in [0.15, 0.2) is 65.8 Å². The van der Waals surface area contributed by atoms with Crippen LogP contribution in [0.1, 0.15) is 26.3 Å². The van der Waals surface area contributed by atoms with E-state index in [0.29, 0.717) is 29.3 Å². The minimum atomic E-state index is -3.56. The van der Waals surface area contributed by atoms with Crippen molar-refractivity contribution in [3.8, 4) is 17.0 Å². The summed E-state index contributed by atoms with van der Waals surface area (Å²) in [6.07, 6.45) is 3.12. The van der Waals surface area contributed by atoms with Gasteiger partial charge in [-0.25, -0.2) is 18.4 Å². The van der Waals surface area contributed by atoms with Gasteiger partial charge in [-0.1, -0.05) is 12.1 Å². The number of benzene rings is 1. The third-order valence-electron chi connectivity index (χ3n) is 5.32. The molecule has 4 rings (SSSR count). The number of hydrogen-bond acceptors (Lipinski definition) is 6. The molecule has 0 bridgehead atoms. The smallest absolute Gasteiger partial charge is 0.215 e. The molecule has 0 spiro atoms. The summed E-state index contributed by atoms with van der Waals surface area (Å²) in [5.74, 6) is 0.456. The number of hydrogen-bond donors (Lipinski definition) is 1. The van der Waals surface area contributed by atoms with Crippen molar-refractivity contribution in [2.75, 3.05) is 12.4 Å². The molecule has 3 aromatic heterocycles. The number of anilines is 1. The van der Waals surface area contributed by atoms with Gasteiger partial charge in [-0.2, -0.15) is 4.39 Å². The second-order valence-corrected chi connectivity index (χ2v) is 11.3. The van der Waals surface area contributed by atoms with Gasteiger partial charge in [0.15, 0.2) is 9.84 Å². The molecule has 0 saturated heterocycles. The van der Waals surface area contributed by atoms with E-state index in [1.54, 1.807) is 56.7 Å². The molecule has 9 heteroatoms. The monoisotopic (exact) mass is 468 g/mol. The number of halogens is 1. The van der Waals surface area contributed by atoms with Gasteiger partial charge in [0.05, 0.1) is 28.6 Å². The molecule has 0 radical (unpaired) electrons. The Bertz CT molecular complexity index is 1410. The normalized spacial score (nSPS) is 12.2. The van der Waals surface area contributed by atoms with Crippen LogP contribution in [0.3, 0.4) is 0 Å². The second-order valence-electron chi connectivity index (χ2n) is 8.62. The van der Waals surface area contributed by atoms with Crippen LogP contribution in [-0.4, -0.2) is 34.6 Å². The number of sulfone groups is 1. The topological polar surface area (TPSA) is 85.6 Å². The lowest BCUT2D eigenvalue weighted by Crippen LogP contribution is -2.28. The molecule has 0 saturated carbocycles. The third-order valence-corrected chi connectivity index (χ3v) is 7.79. The van der Waals surface area contributed by atoms with E-state index in [9.17, 15) is 12.8 Å². The zero-order chi connectivity index (χ0) is 23.8. The van der Waals surface area contributed by atoms with Crippen molar-refractivity contribution >= 4 is 21.3 Å². The average Bonchev–Trinajstić information content (AvgIpc) is 3.20.